The lowest BCUT2D eigenvalue weighted by Gasteiger charge is -2.12. The highest BCUT2D eigenvalue weighted by atomic mass is 127. The van der Waals surface area contributed by atoms with Crippen LogP contribution in [0.15, 0.2) is 35.9 Å². The minimum atomic E-state index is -1.03. The largest absolute Gasteiger partial charge is 0.487 e. The summed E-state index contributed by atoms with van der Waals surface area (Å²) < 4.78 is 7.44. The Morgan fingerprint density at radius 2 is 1.86 bits per heavy atom. The normalized spacial score (nSPS) is 10.9. The van der Waals surface area contributed by atoms with Crippen LogP contribution in [0.1, 0.15) is 11.1 Å². The molecule has 3 N–H and O–H groups in total. The number of nitriles is 1. The Bertz CT molecular complexity index is 997. The van der Waals surface area contributed by atoms with Crippen LogP contribution in [0.2, 0.25) is 10.0 Å². The fourth-order valence-corrected chi connectivity index (χ4v) is 4.67. The zero-order chi connectivity index (χ0) is 20.8. The number of halogens is 4. The number of hydrogen-bond donors (Lipinski definition) is 2. The van der Waals surface area contributed by atoms with Crippen molar-refractivity contribution in [2.24, 2.45) is 5.73 Å². The van der Waals surface area contributed by atoms with Crippen molar-refractivity contribution in [1.82, 2.24) is 5.32 Å². The zero-order valence-corrected chi connectivity index (χ0v) is 19.8. The molecule has 0 saturated carbocycles. The summed E-state index contributed by atoms with van der Waals surface area (Å²) in [6, 6.07) is 9.38. The van der Waals surface area contributed by atoms with E-state index in [9.17, 15) is 9.59 Å². The van der Waals surface area contributed by atoms with Gasteiger partial charge in [-0.15, -0.1) is 0 Å². The van der Waals surface area contributed by atoms with Crippen molar-refractivity contribution in [3.63, 3.8) is 0 Å². The third kappa shape index (κ3) is 6.23. The number of rotatable bonds is 5. The lowest BCUT2D eigenvalue weighted by molar-refractivity contribution is -0.115. The molecule has 0 unspecified atom stereocenters. The van der Waals surface area contributed by atoms with Gasteiger partial charge in [0.05, 0.1) is 7.14 Å². The van der Waals surface area contributed by atoms with E-state index in [0.29, 0.717) is 21.4 Å². The molecule has 0 heterocycles. The van der Waals surface area contributed by atoms with Gasteiger partial charge in [-0.1, -0.05) is 29.3 Å². The van der Waals surface area contributed by atoms with Gasteiger partial charge in [-0.05, 0) is 81.1 Å². The maximum absolute atomic E-state index is 11.8. The number of ether oxygens (including phenoxy) is 1. The van der Waals surface area contributed by atoms with Gasteiger partial charge in [0.2, 0.25) is 0 Å². The quantitative estimate of drug-likeness (QED) is 0.276. The molecule has 0 saturated heterocycles. The number of hydrogen-bond acceptors (Lipinski definition) is 4. The third-order valence-electron chi connectivity index (χ3n) is 3.32. The van der Waals surface area contributed by atoms with Crippen LogP contribution in [-0.4, -0.2) is 11.9 Å². The third-order valence-corrected chi connectivity index (χ3v) is 5.51. The summed E-state index contributed by atoms with van der Waals surface area (Å²) in [7, 11) is 0. The van der Waals surface area contributed by atoms with Crippen LogP contribution < -0.4 is 15.8 Å². The van der Waals surface area contributed by atoms with Gasteiger partial charge in [-0.2, -0.15) is 5.26 Å². The minimum absolute atomic E-state index is 0.244. The Morgan fingerprint density at radius 1 is 1.21 bits per heavy atom. The molecule has 0 spiro atoms. The smallest absolute Gasteiger partial charge is 0.319 e. The van der Waals surface area contributed by atoms with Gasteiger partial charge in [0.1, 0.15) is 24.0 Å². The highest BCUT2D eigenvalue weighted by molar-refractivity contribution is 14.1. The van der Waals surface area contributed by atoms with Gasteiger partial charge in [0.25, 0.3) is 5.91 Å². The number of carbonyl (C=O) groups excluding carboxylic acids is 2. The minimum Gasteiger partial charge on any atom is -0.487 e. The molecule has 10 heteroatoms. The molecule has 144 valence electrons. The second kappa shape index (κ2) is 10.3. The molecule has 0 aliphatic heterocycles. The molecule has 0 aliphatic carbocycles. The first-order valence-corrected chi connectivity index (χ1v) is 10.4. The Morgan fingerprint density at radius 3 is 2.39 bits per heavy atom. The highest BCUT2D eigenvalue weighted by Crippen LogP contribution is 2.31. The number of nitrogens with zero attached hydrogens (tertiary/aromatic N) is 1. The predicted octanol–water partition coefficient (Wildman–Crippen LogP) is 4.88. The number of nitrogens with one attached hydrogen (secondary N) is 1. The van der Waals surface area contributed by atoms with Gasteiger partial charge in [-0.3, -0.25) is 10.1 Å². The van der Waals surface area contributed by atoms with Gasteiger partial charge in [0, 0.05) is 15.6 Å². The van der Waals surface area contributed by atoms with E-state index in [1.165, 1.54) is 6.08 Å². The average molecular weight is 642 g/mol. The second-order valence-electron chi connectivity index (χ2n) is 5.33. The monoisotopic (exact) mass is 641 g/mol. The molecule has 0 fully saturated rings. The summed E-state index contributed by atoms with van der Waals surface area (Å²) >= 11 is 16.2. The lowest BCUT2D eigenvalue weighted by atomic mass is 10.1. The standard InChI is InChI=1S/C18H11Cl2I2N3O3/c19-12-2-1-10(13(20)6-12)8-28-16-14(21)4-9(5-15(16)22)3-11(7-23)17(26)25-18(24)27/h1-6H,8H2,(H3,24,25,26,27)/b11-3-. The number of benzene rings is 2. The number of nitrogens with two attached hydrogens (primary N) is 1. The van der Waals surface area contributed by atoms with Crippen LogP contribution in [0.3, 0.4) is 0 Å². The average Bonchev–Trinajstić information content (AvgIpc) is 2.59. The van der Waals surface area contributed by atoms with Crippen LogP contribution in [-0.2, 0) is 11.4 Å². The summed E-state index contributed by atoms with van der Waals surface area (Å²) in [5.41, 5.74) is 6.05. The van der Waals surface area contributed by atoms with E-state index in [-0.39, 0.29) is 12.2 Å². The van der Waals surface area contributed by atoms with E-state index < -0.39 is 11.9 Å². The highest BCUT2D eigenvalue weighted by Gasteiger charge is 2.14. The van der Waals surface area contributed by atoms with Crippen LogP contribution in [0, 0.1) is 18.5 Å². The second-order valence-corrected chi connectivity index (χ2v) is 8.49. The van der Waals surface area contributed by atoms with Crippen molar-refractivity contribution >= 4 is 86.4 Å². The molecule has 3 amide bonds. The number of urea groups is 1. The van der Waals surface area contributed by atoms with Gasteiger partial charge in [-0.25, -0.2) is 4.79 Å². The fourth-order valence-electron chi connectivity index (χ4n) is 2.08. The van der Waals surface area contributed by atoms with Crippen LogP contribution in [0.25, 0.3) is 6.08 Å². The lowest BCUT2D eigenvalue weighted by Crippen LogP contribution is -2.35. The molecule has 0 bridgehead atoms. The van der Waals surface area contributed by atoms with Crippen molar-refractivity contribution in [3.05, 3.63) is 64.2 Å². The number of primary amides is 1. The predicted molar refractivity (Wildman–Crippen MR) is 124 cm³/mol. The molecule has 6 nitrogen and oxygen atoms in total. The topological polar surface area (TPSA) is 105 Å². The van der Waals surface area contributed by atoms with Gasteiger partial charge < -0.3 is 10.5 Å². The molecular formula is C18H11Cl2I2N3O3. The number of carbonyl (C=O) groups is 2. The molecular weight excluding hydrogens is 631 g/mol. The molecule has 2 aromatic rings. The molecule has 0 radical (unpaired) electrons. The first kappa shape index (κ1) is 22.7. The van der Waals surface area contributed by atoms with Crippen molar-refractivity contribution in [3.8, 4) is 11.8 Å². The van der Waals surface area contributed by atoms with Gasteiger partial charge >= 0.3 is 6.03 Å². The Labute approximate surface area is 198 Å². The summed E-state index contributed by atoms with van der Waals surface area (Å²) in [6.45, 7) is 0.252. The first-order chi connectivity index (χ1) is 13.2. The maximum Gasteiger partial charge on any atom is 0.319 e. The Kier molecular flexibility index (Phi) is 8.36. The van der Waals surface area contributed by atoms with Crippen molar-refractivity contribution in [2.75, 3.05) is 0 Å². The summed E-state index contributed by atoms with van der Waals surface area (Å²) in [6.07, 6.45) is 1.36. The number of imide groups is 1. The molecule has 0 aliphatic rings. The molecule has 28 heavy (non-hydrogen) atoms. The summed E-state index contributed by atoms with van der Waals surface area (Å²) in [5, 5.41) is 12.1. The molecule has 2 aromatic carbocycles. The van der Waals surface area contributed by atoms with E-state index in [2.05, 4.69) is 45.2 Å². The Balaban J connectivity index is 2.24. The number of amides is 3. The Hall–Kier alpha value is -1.55. The summed E-state index contributed by atoms with van der Waals surface area (Å²) in [5.74, 6) is -0.220. The molecule has 2 rings (SSSR count). The first-order valence-electron chi connectivity index (χ1n) is 7.49. The molecule has 0 aromatic heterocycles. The van der Waals surface area contributed by atoms with E-state index >= 15 is 0 Å². The van der Waals surface area contributed by atoms with E-state index in [1.807, 2.05) is 5.32 Å². The van der Waals surface area contributed by atoms with Crippen LogP contribution in [0.4, 0.5) is 4.79 Å². The SMILES string of the molecule is N#C/C(=C/c1cc(I)c(OCc2ccc(Cl)cc2Cl)c(I)c1)C(=O)NC(N)=O. The summed E-state index contributed by atoms with van der Waals surface area (Å²) in [4.78, 5) is 22.6. The zero-order valence-electron chi connectivity index (χ0n) is 13.9. The van der Waals surface area contributed by atoms with Gasteiger partial charge in [0.15, 0.2) is 0 Å². The van der Waals surface area contributed by atoms with E-state index in [4.69, 9.17) is 38.9 Å². The van der Waals surface area contributed by atoms with Crippen LogP contribution in [0.5, 0.6) is 5.75 Å². The van der Waals surface area contributed by atoms with E-state index in [0.717, 1.165) is 12.7 Å². The fraction of sp³-hybridized carbons (Fsp3) is 0.0556. The van der Waals surface area contributed by atoms with Crippen molar-refractivity contribution < 1.29 is 14.3 Å². The maximum atomic E-state index is 11.8. The molecule has 0 atom stereocenters. The van der Waals surface area contributed by atoms with Crippen molar-refractivity contribution in [1.29, 1.82) is 5.26 Å². The van der Waals surface area contributed by atoms with E-state index in [1.54, 1.807) is 36.4 Å². The van der Waals surface area contributed by atoms with Crippen LogP contribution >= 0.6 is 68.4 Å². The van der Waals surface area contributed by atoms with Crippen molar-refractivity contribution in [2.45, 2.75) is 6.61 Å².